The Morgan fingerprint density at radius 2 is 1.96 bits per heavy atom. The van der Waals surface area contributed by atoms with Crippen LogP contribution >= 0.6 is 11.3 Å². The summed E-state index contributed by atoms with van der Waals surface area (Å²) in [7, 11) is 1.61. The number of halogens is 1. The molecule has 0 bridgehead atoms. The zero-order valence-electron chi connectivity index (χ0n) is 12.1. The van der Waals surface area contributed by atoms with Crippen LogP contribution in [0.4, 0.5) is 4.39 Å². The van der Waals surface area contributed by atoms with Crippen LogP contribution in [0, 0.1) is 5.82 Å². The largest absolute Gasteiger partial charge is 0.496 e. The Kier molecular flexibility index (Phi) is 3.27. The highest BCUT2D eigenvalue weighted by atomic mass is 32.1. The molecule has 4 aromatic rings. The fourth-order valence-corrected chi connectivity index (χ4v) is 3.19. The highest BCUT2D eigenvalue weighted by molar-refractivity contribution is 7.19. The van der Waals surface area contributed by atoms with E-state index >= 15 is 0 Å². The van der Waals surface area contributed by atoms with Crippen molar-refractivity contribution in [2.24, 2.45) is 0 Å². The zero-order valence-corrected chi connectivity index (χ0v) is 12.9. The summed E-state index contributed by atoms with van der Waals surface area (Å²) < 4.78 is 20.4. The van der Waals surface area contributed by atoms with Gasteiger partial charge in [0.25, 0.3) is 0 Å². The predicted octanol–water partition coefficient (Wildman–Crippen LogP) is 3.67. The fraction of sp³-hybridized carbons (Fsp3) is 0.0625. The van der Waals surface area contributed by atoms with Crippen molar-refractivity contribution in [2.45, 2.75) is 0 Å². The van der Waals surface area contributed by atoms with Crippen LogP contribution in [0.2, 0.25) is 0 Å². The number of para-hydroxylation sites is 1. The summed E-state index contributed by atoms with van der Waals surface area (Å²) in [5, 5.41) is 13.6. The third kappa shape index (κ3) is 2.35. The first-order valence-electron chi connectivity index (χ1n) is 6.88. The maximum absolute atomic E-state index is 13.4. The zero-order chi connectivity index (χ0) is 15.8. The molecule has 2 aromatic carbocycles. The number of hydrogen-bond acceptors (Lipinski definition) is 5. The average molecular weight is 326 g/mol. The molecule has 114 valence electrons. The highest BCUT2D eigenvalue weighted by Crippen LogP contribution is 2.31. The second-order valence-electron chi connectivity index (χ2n) is 4.84. The van der Waals surface area contributed by atoms with Gasteiger partial charge in [-0.15, -0.1) is 10.2 Å². The average Bonchev–Trinajstić information content (AvgIpc) is 3.15. The van der Waals surface area contributed by atoms with E-state index in [0.29, 0.717) is 27.1 Å². The molecule has 0 spiro atoms. The Hall–Kier alpha value is -2.80. The molecule has 2 aromatic heterocycles. The van der Waals surface area contributed by atoms with Crippen molar-refractivity contribution in [2.75, 3.05) is 7.11 Å². The van der Waals surface area contributed by atoms with Gasteiger partial charge in [0.15, 0.2) is 5.82 Å². The molecule has 0 N–H and O–H groups in total. The van der Waals surface area contributed by atoms with Gasteiger partial charge >= 0.3 is 0 Å². The number of nitrogens with zero attached hydrogens (tertiary/aromatic N) is 4. The number of methoxy groups -OCH3 is 1. The molecule has 4 rings (SSSR count). The summed E-state index contributed by atoms with van der Waals surface area (Å²) in [6.45, 7) is 0. The first-order chi connectivity index (χ1) is 11.3. The summed E-state index contributed by atoms with van der Waals surface area (Å²) in [6, 6.07) is 13.9. The third-order valence-corrected chi connectivity index (χ3v) is 4.36. The molecule has 7 heteroatoms. The molecule has 0 aliphatic carbocycles. The molecule has 0 atom stereocenters. The summed E-state index contributed by atoms with van der Waals surface area (Å²) >= 11 is 1.36. The molecule has 0 amide bonds. The molecular formula is C16H11FN4OS. The van der Waals surface area contributed by atoms with Crippen molar-refractivity contribution in [1.29, 1.82) is 0 Å². The van der Waals surface area contributed by atoms with E-state index < -0.39 is 0 Å². The molecule has 0 saturated carbocycles. The van der Waals surface area contributed by atoms with Crippen LogP contribution in [0.15, 0.2) is 48.5 Å². The number of rotatable bonds is 3. The fourth-order valence-electron chi connectivity index (χ4n) is 2.35. The number of ether oxygens (including phenoxy) is 1. The van der Waals surface area contributed by atoms with Crippen molar-refractivity contribution < 1.29 is 9.13 Å². The first kappa shape index (κ1) is 13.8. The Morgan fingerprint density at radius 3 is 2.78 bits per heavy atom. The summed E-state index contributed by atoms with van der Waals surface area (Å²) in [5.74, 6) is 0.997. The summed E-state index contributed by atoms with van der Waals surface area (Å²) in [4.78, 5) is 0.644. The van der Waals surface area contributed by atoms with E-state index in [-0.39, 0.29) is 5.82 Å². The van der Waals surface area contributed by atoms with Crippen LogP contribution in [0.1, 0.15) is 0 Å². The summed E-state index contributed by atoms with van der Waals surface area (Å²) in [5.41, 5.74) is 1.52. The van der Waals surface area contributed by atoms with E-state index in [0.717, 1.165) is 5.56 Å². The molecule has 0 aliphatic rings. The van der Waals surface area contributed by atoms with Crippen LogP contribution in [0.25, 0.3) is 26.9 Å². The quantitative estimate of drug-likeness (QED) is 0.576. The number of benzene rings is 2. The van der Waals surface area contributed by atoms with Crippen LogP contribution < -0.4 is 4.74 Å². The second kappa shape index (κ2) is 5.44. The molecule has 0 aliphatic heterocycles. The van der Waals surface area contributed by atoms with Gasteiger partial charge in [-0.05, 0) is 24.3 Å². The maximum Gasteiger partial charge on any atom is 0.235 e. The Bertz CT molecular complexity index is 995. The Balaban J connectivity index is 1.87. The minimum absolute atomic E-state index is 0.293. The van der Waals surface area contributed by atoms with Gasteiger partial charge < -0.3 is 4.74 Å². The lowest BCUT2D eigenvalue weighted by atomic mass is 10.2. The van der Waals surface area contributed by atoms with Gasteiger partial charge in [-0.3, -0.25) is 0 Å². The molecule has 2 heterocycles. The van der Waals surface area contributed by atoms with Crippen LogP contribution in [-0.2, 0) is 0 Å². The molecule has 0 saturated heterocycles. The van der Waals surface area contributed by atoms with Crippen molar-refractivity contribution >= 4 is 16.3 Å². The van der Waals surface area contributed by atoms with Gasteiger partial charge in [-0.2, -0.15) is 9.61 Å². The lowest BCUT2D eigenvalue weighted by molar-refractivity contribution is 0.416. The SMILES string of the molecule is COc1ccccc1-c1nnc2sc(-c3cccc(F)c3)nn12. The van der Waals surface area contributed by atoms with Crippen molar-refractivity contribution in [3.8, 4) is 27.7 Å². The first-order valence-corrected chi connectivity index (χ1v) is 7.69. The Morgan fingerprint density at radius 1 is 1.09 bits per heavy atom. The van der Waals surface area contributed by atoms with Gasteiger partial charge in [-0.25, -0.2) is 4.39 Å². The predicted molar refractivity (Wildman–Crippen MR) is 86.0 cm³/mol. The lowest BCUT2D eigenvalue weighted by Crippen LogP contribution is -1.94. The van der Waals surface area contributed by atoms with Crippen LogP contribution in [0.3, 0.4) is 0 Å². The second-order valence-corrected chi connectivity index (χ2v) is 5.79. The lowest BCUT2D eigenvalue weighted by Gasteiger charge is -2.04. The smallest absolute Gasteiger partial charge is 0.235 e. The molecule has 23 heavy (non-hydrogen) atoms. The minimum Gasteiger partial charge on any atom is -0.496 e. The van der Waals surface area contributed by atoms with E-state index in [2.05, 4.69) is 15.3 Å². The normalized spacial score (nSPS) is 11.0. The van der Waals surface area contributed by atoms with Crippen LogP contribution in [0.5, 0.6) is 5.75 Å². The standard InChI is InChI=1S/C16H11FN4OS/c1-22-13-8-3-2-7-12(13)14-18-19-16-21(14)20-15(23-16)10-5-4-6-11(17)9-10/h2-9H,1H3. The van der Waals surface area contributed by atoms with Gasteiger partial charge in [0.1, 0.15) is 16.6 Å². The monoisotopic (exact) mass is 326 g/mol. The maximum atomic E-state index is 13.4. The topological polar surface area (TPSA) is 52.3 Å². The van der Waals surface area contributed by atoms with Gasteiger partial charge in [-0.1, -0.05) is 35.6 Å². The Labute approximate surface area is 135 Å². The number of hydrogen-bond donors (Lipinski definition) is 0. The summed E-state index contributed by atoms with van der Waals surface area (Å²) in [6.07, 6.45) is 0. The highest BCUT2D eigenvalue weighted by Gasteiger charge is 2.17. The molecular weight excluding hydrogens is 315 g/mol. The number of aromatic nitrogens is 4. The van der Waals surface area contributed by atoms with Gasteiger partial charge in [0, 0.05) is 5.56 Å². The van der Waals surface area contributed by atoms with E-state index in [1.807, 2.05) is 30.3 Å². The van der Waals surface area contributed by atoms with E-state index in [4.69, 9.17) is 4.74 Å². The molecule has 0 radical (unpaired) electrons. The van der Waals surface area contributed by atoms with Crippen LogP contribution in [-0.4, -0.2) is 26.9 Å². The van der Waals surface area contributed by atoms with Crippen molar-refractivity contribution in [3.05, 3.63) is 54.3 Å². The van der Waals surface area contributed by atoms with Crippen molar-refractivity contribution in [1.82, 2.24) is 19.8 Å². The van der Waals surface area contributed by atoms with Crippen molar-refractivity contribution in [3.63, 3.8) is 0 Å². The molecule has 5 nitrogen and oxygen atoms in total. The minimum atomic E-state index is -0.293. The van der Waals surface area contributed by atoms with E-state index in [1.165, 1.54) is 23.5 Å². The third-order valence-electron chi connectivity index (χ3n) is 3.41. The van der Waals surface area contributed by atoms with Gasteiger partial charge in [0.05, 0.1) is 12.7 Å². The molecule has 0 unspecified atom stereocenters. The van der Waals surface area contributed by atoms with Gasteiger partial charge in [0.2, 0.25) is 4.96 Å². The van der Waals surface area contributed by atoms with E-state index in [9.17, 15) is 4.39 Å². The molecule has 0 fully saturated rings. The van der Waals surface area contributed by atoms with E-state index in [1.54, 1.807) is 17.7 Å². The number of fused-ring (bicyclic) bond motifs is 1.